The Balaban J connectivity index is 2.04. The molecule has 16 heavy (non-hydrogen) atoms. The summed E-state index contributed by atoms with van der Waals surface area (Å²) in [4.78, 5) is 19.5. The summed E-state index contributed by atoms with van der Waals surface area (Å²) in [6.45, 7) is 0.620. The van der Waals surface area contributed by atoms with Crippen molar-refractivity contribution in [3.05, 3.63) is 40.5 Å². The number of carboxylic acids is 1. The lowest BCUT2D eigenvalue weighted by molar-refractivity contribution is 0.0690. The summed E-state index contributed by atoms with van der Waals surface area (Å²) in [5.41, 5.74) is -0.0591. The number of nitrogens with zero attached hydrogens (tertiary/aromatic N) is 2. The third-order valence-electron chi connectivity index (χ3n) is 1.88. The second-order valence-corrected chi connectivity index (χ2v) is 4.06. The van der Waals surface area contributed by atoms with Crippen molar-refractivity contribution in [2.75, 3.05) is 5.32 Å². The number of aromatic carboxylic acids is 1. The molecular formula is C10H9N3O2S. The van der Waals surface area contributed by atoms with Gasteiger partial charge in [0.25, 0.3) is 0 Å². The molecule has 2 N–H and O–H groups in total. The van der Waals surface area contributed by atoms with E-state index in [9.17, 15) is 4.79 Å². The quantitative estimate of drug-likeness (QED) is 0.845. The summed E-state index contributed by atoms with van der Waals surface area (Å²) in [6.07, 6.45) is 2.72. The summed E-state index contributed by atoms with van der Waals surface area (Å²) in [5.74, 6) is -0.611. The van der Waals surface area contributed by atoms with Crippen LogP contribution in [0.2, 0.25) is 0 Å². The average Bonchev–Trinajstić information content (AvgIpc) is 2.79. The highest BCUT2D eigenvalue weighted by Crippen LogP contribution is 2.11. The zero-order valence-electron chi connectivity index (χ0n) is 8.25. The standard InChI is InChI=1S/C10H9N3O2S/c14-10(15)8-5-11-6-9(13-8)12-4-7-2-1-3-16-7/h1-3,5-6H,4H2,(H,12,13)(H,14,15). The number of carboxylic acid groups (broad SMARTS) is 1. The topological polar surface area (TPSA) is 75.1 Å². The van der Waals surface area contributed by atoms with Crippen molar-refractivity contribution in [1.82, 2.24) is 9.97 Å². The molecular weight excluding hydrogens is 226 g/mol. The molecule has 0 fully saturated rings. The highest BCUT2D eigenvalue weighted by atomic mass is 32.1. The van der Waals surface area contributed by atoms with Gasteiger partial charge in [0.05, 0.1) is 18.9 Å². The Bertz CT molecular complexity index is 485. The van der Waals surface area contributed by atoms with E-state index in [1.165, 1.54) is 12.4 Å². The second kappa shape index (κ2) is 4.71. The van der Waals surface area contributed by atoms with Gasteiger partial charge < -0.3 is 10.4 Å². The fourth-order valence-corrected chi connectivity index (χ4v) is 1.79. The third-order valence-corrected chi connectivity index (χ3v) is 2.75. The van der Waals surface area contributed by atoms with Crippen LogP contribution in [0.3, 0.4) is 0 Å². The Kier molecular flexibility index (Phi) is 3.11. The molecule has 0 spiro atoms. The molecule has 82 valence electrons. The zero-order chi connectivity index (χ0) is 11.4. The monoisotopic (exact) mass is 235 g/mol. The van der Waals surface area contributed by atoms with Crippen molar-refractivity contribution in [2.45, 2.75) is 6.54 Å². The molecule has 0 aromatic carbocycles. The number of aromatic nitrogens is 2. The van der Waals surface area contributed by atoms with Crippen LogP contribution in [0, 0.1) is 0 Å². The van der Waals surface area contributed by atoms with Gasteiger partial charge in [-0.25, -0.2) is 9.78 Å². The van der Waals surface area contributed by atoms with Gasteiger partial charge in [-0.1, -0.05) is 6.07 Å². The zero-order valence-corrected chi connectivity index (χ0v) is 9.07. The van der Waals surface area contributed by atoms with Crippen LogP contribution in [0.5, 0.6) is 0 Å². The largest absolute Gasteiger partial charge is 0.476 e. The number of rotatable bonds is 4. The second-order valence-electron chi connectivity index (χ2n) is 3.03. The normalized spacial score (nSPS) is 10.0. The molecule has 2 heterocycles. The molecule has 5 nitrogen and oxygen atoms in total. The molecule has 2 aromatic rings. The highest BCUT2D eigenvalue weighted by Gasteiger charge is 2.05. The Morgan fingerprint density at radius 2 is 2.38 bits per heavy atom. The molecule has 2 aromatic heterocycles. The first-order valence-electron chi connectivity index (χ1n) is 4.57. The summed E-state index contributed by atoms with van der Waals surface area (Å²) in [5, 5.41) is 13.7. The smallest absolute Gasteiger partial charge is 0.356 e. The van der Waals surface area contributed by atoms with E-state index in [4.69, 9.17) is 5.11 Å². The number of carbonyl (C=O) groups is 1. The molecule has 0 radical (unpaired) electrons. The van der Waals surface area contributed by atoms with E-state index in [0.717, 1.165) is 4.88 Å². The van der Waals surface area contributed by atoms with Crippen molar-refractivity contribution >= 4 is 23.1 Å². The minimum Gasteiger partial charge on any atom is -0.476 e. The molecule has 2 rings (SSSR count). The molecule has 0 atom stereocenters. The van der Waals surface area contributed by atoms with Crippen LogP contribution < -0.4 is 5.32 Å². The van der Waals surface area contributed by atoms with E-state index in [1.54, 1.807) is 11.3 Å². The van der Waals surface area contributed by atoms with Gasteiger partial charge in [0.15, 0.2) is 5.69 Å². The number of anilines is 1. The van der Waals surface area contributed by atoms with Gasteiger partial charge in [-0.3, -0.25) is 4.98 Å². The minimum atomic E-state index is -1.08. The molecule has 0 saturated heterocycles. The van der Waals surface area contributed by atoms with Crippen molar-refractivity contribution in [3.63, 3.8) is 0 Å². The van der Waals surface area contributed by atoms with Gasteiger partial charge in [0.2, 0.25) is 0 Å². The fraction of sp³-hybridized carbons (Fsp3) is 0.100. The summed E-state index contributed by atoms with van der Waals surface area (Å²) in [7, 11) is 0. The van der Waals surface area contributed by atoms with Crippen molar-refractivity contribution < 1.29 is 9.90 Å². The Morgan fingerprint density at radius 3 is 3.06 bits per heavy atom. The predicted octanol–water partition coefficient (Wildman–Crippen LogP) is 1.85. The lowest BCUT2D eigenvalue weighted by atomic mass is 10.4. The van der Waals surface area contributed by atoms with Crippen LogP contribution >= 0.6 is 11.3 Å². The molecule has 0 aliphatic rings. The highest BCUT2D eigenvalue weighted by molar-refractivity contribution is 7.09. The van der Waals surface area contributed by atoms with E-state index >= 15 is 0 Å². The Labute approximate surface area is 95.8 Å². The molecule has 0 aliphatic heterocycles. The Hall–Kier alpha value is -1.95. The molecule has 0 bridgehead atoms. The van der Waals surface area contributed by atoms with E-state index in [2.05, 4.69) is 15.3 Å². The van der Waals surface area contributed by atoms with Gasteiger partial charge in [-0.15, -0.1) is 11.3 Å². The predicted molar refractivity (Wildman–Crippen MR) is 60.6 cm³/mol. The molecule has 0 amide bonds. The van der Waals surface area contributed by atoms with Gasteiger partial charge in [-0.2, -0.15) is 0 Å². The van der Waals surface area contributed by atoms with Crippen LogP contribution in [-0.2, 0) is 6.54 Å². The van der Waals surface area contributed by atoms with Crippen molar-refractivity contribution in [3.8, 4) is 0 Å². The maximum atomic E-state index is 10.7. The van der Waals surface area contributed by atoms with Crippen LogP contribution in [0.4, 0.5) is 5.82 Å². The molecule has 0 unspecified atom stereocenters. The first kappa shape index (κ1) is 10.6. The number of nitrogens with one attached hydrogen (secondary N) is 1. The lowest BCUT2D eigenvalue weighted by Crippen LogP contribution is -2.06. The first-order valence-corrected chi connectivity index (χ1v) is 5.45. The minimum absolute atomic E-state index is 0.0591. The third kappa shape index (κ3) is 2.54. The van der Waals surface area contributed by atoms with E-state index < -0.39 is 5.97 Å². The SMILES string of the molecule is O=C(O)c1cncc(NCc2cccs2)n1. The van der Waals surface area contributed by atoms with Crippen LogP contribution in [-0.4, -0.2) is 21.0 Å². The molecule has 6 heteroatoms. The van der Waals surface area contributed by atoms with Gasteiger partial charge >= 0.3 is 5.97 Å². The first-order chi connectivity index (χ1) is 7.75. The summed E-state index contributed by atoms with van der Waals surface area (Å²) >= 11 is 1.63. The lowest BCUT2D eigenvalue weighted by Gasteiger charge is -2.03. The van der Waals surface area contributed by atoms with Crippen LogP contribution in [0.1, 0.15) is 15.4 Å². The maximum absolute atomic E-state index is 10.7. The summed E-state index contributed by atoms with van der Waals surface area (Å²) < 4.78 is 0. The molecule has 0 aliphatic carbocycles. The van der Waals surface area contributed by atoms with Crippen LogP contribution in [0.15, 0.2) is 29.9 Å². The average molecular weight is 235 g/mol. The van der Waals surface area contributed by atoms with Gasteiger partial charge in [0, 0.05) is 4.88 Å². The number of hydrogen-bond acceptors (Lipinski definition) is 5. The van der Waals surface area contributed by atoms with Gasteiger partial charge in [0.1, 0.15) is 5.82 Å². The summed E-state index contributed by atoms with van der Waals surface area (Å²) in [6, 6.07) is 3.95. The van der Waals surface area contributed by atoms with Crippen molar-refractivity contribution in [2.24, 2.45) is 0 Å². The number of thiophene rings is 1. The van der Waals surface area contributed by atoms with Crippen molar-refractivity contribution in [1.29, 1.82) is 0 Å². The van der Waals surface area contributed by atoms with E-state index in [-0.39, 0.29) is 5.69 Å². The number of hydrogen-bond donors (Lipinski definition) is 2. The Morgan fingerprint density at radius 1 is 1.50 bits per heavy atom. The maximum Gasteiger partial charge on any atom is 0.356 e. The van der Waals surface area contributed by atoms with E-state index in [0.29, 0.717) is 12.4 Å². The van der Waals surface area contributed by atoms with Crippen LogP contribution in [0.25, 0.3) is 0 Å². The van der Waals surface area contributed by atoms with E-state index in [1.807, 2.05) is 17.5 Å². The van der Waals surface area contributed by atoms with Gasteiger partial charge in [-0.05, 0) is 11.4 Å². The fourth-order valence-electron chi connectivity index (χ4n) is 1.15. The molecule has 0 saturated carbocycles.